The van der Waals surface area contributed by atoms with Crippen molar-refractivity contribution in [3.05, 3.63) is 48.7 Å². The minimum absolute atomic E-state index is 0.797. The lowest BCUT2D eigenvalue weighted by Crippen LogP contribution is -2.12. The van der Waals surface area contributed by atoms with Gasteiger partial charge in [0.2, 0.25) is 0 Å². The molecule has 0 aliphatic rings. The molecule has 2 aromatic heterocycles. The fourth-order valence-electron chi connectivity index (χ4n) is 2.97. The summed E-state index contributed by atoms with van der Waals surface area (Å²) in [4.78, 5) is 6.86. The second-order valence-electron chi connectivity index (χ2n) is 5.74. The number of pyridine rings is 1. The third kappa shape index (κ3) is 2.52. The second-order valence-corrected chi connectivity index (χ2v) is 5.74. The molecule has 2 heterocycles. The summed E-state index contributed by atoms with van der Waals surface area (Å²) in [6.45, 7) is 0. The van der Waals surface area contributed by atoms with Crippen LogP contribution in [0.3, 0.4) is 0 Å². The van der Waals surface area contributed by atoms with Crippen LogP contribution in [0, 0.1) is 0 Å². The SMILES string of the molecule is COc1cccc(N(C)c2nc3ccc(OC)cc3c3cn[nH]c23)c1. The van der Waals surface area contributed by atoms with Crippen LogP contribution in [0.25, 0.3) is 21.8 Å². The van der Waals surface area contributed by atoms with Gasteiger partial charge in [0.05, 0.1) is 25.9 Å². The van der Waals surface area contributed by atoms with Crippen LogP contribution in [-0.4, -0.2) is 36.4 Å². The normalized spacial score (nSPS) is 11.0. The predicted octanol–water partition coefficient (Wildman–Crippen LogP) is 3.90. The first-order chi connectivity index (χ1) is 12.2. The number of ether oxygens (including phenoxy) is 2. The third-order valence-electron chi connectivity index (χ3n) is 4.34. The molecule has 0 aliphatic carbocycles. The predicted molar refractivity (Wildman–Crippen MR) is 99.0 cm³/mol. The molecule has 0 amide bonds. The fourth-order valence-corrected chi connectivity index (χ4v) is 2.97. The Kier molecular flexibility index (Phi) is 3.65. The smallest absolute Gasteiger partial charge is 0.159 e. The van der Waals surface area contributed by atoms with Crippen LogP contribution in [0.1, 0.15) is 0 Å². The van der Waals surface area contributed by atoms with Crippen LogP contribution in [0.5, 0.6) is 11.5 Å². The summed E-state index contributed by atoms with van der Waals surface area (Å²) < 4.78 is 10.7. The number of anilines is 2. The molecule has 0 radical (unpaired) electrons. The van der Waals surface area contributed by atoms with Gasteiger partial charge in [0.25, 0.3) is 0 Å². The van der Waals surface area contributed by atoms with Gasteiger partial charge >= 0.3 is 0 Å². The fraction of sp³-hybridized carbons (Fsp3) is 0.158. The summed E-state index contributed by atoms with van der Waals surface area (Å²) in [7, 11) is 5.30. The van der Waals surface area contributed by atoms with E-state index >= 15 is 0 Å². The number of H-pyrrole nitrogens is 1. The van der Waals surface area contributed by atoms with Crippen LogP contribution in [0.4, 0.5) is 11.5 Å². The number of aromatic nitrogens is 3. The minimum atomic E-state index is 0.797. The van der Waals surface area contributed by atoms with E-state index in [1.165, 1.54) is 0 Å². The quantitative estimate of drug-likeness (QED) is 0.613. The van der Waals surface area contributed by atoms with Gasteiger partial charge in [-0.05, 0) is 30.3 Å². The van der Waals surface area contributed by atoms with Crippen molar-refractivity contribution in [3.8, 4) is 11.5 Å². The first kappa shape index (κ1) is 15.3. The highest BCUT2D eigenvalue weighted by atomic mass is 16.5. The monoisotopic (exact) mass is 334 g/mol. The molecule has 25 heavy (non-hydrogen) atoms. The zero-order valence-electron chi connectivity index (χ0n) is 14.3. The standard InChI is InChI=1S/C19H18N4O2/c1-23(12-5-4-6-13(9-12)24-2)19-18-16(11-20-22-18)15-10-14(25-3)7-8-17(15)21-19/h4-11H,1-3H3,(H,20,22). The lowest BCUT2D eigenvalue weighted by atomic mass is 10.1. The van der Waals surface area contributed by atoms with Crippen LogP contribution >= 0.6 is 0 Å². The molecule has 0 saturated heterocycles. The highest BCUT2D eigenvalue weighted by Crippen LogP contribution is 2.34. The molecule has 0 saturated carbocycles. The van der Waals surface area contributed by atoms with E-state index in [0.717, 1.165) is 44.8 Å². The van der Waals surface area contributed by atoms with E-state index in [4.69, 9.17) is 14.5 Å². The molecule has 0 atom stereocenters. The molecular weight excluding hydrogens is 316 g/mol. The van der Waals surface area contributed by atoms with Crippen LogP contribution in [0.15, 0.2) is 48.7 Å². The number of nitrogens with zero attached hydrogens (tertiary/aromatic N) is 3. The summed E-state index contributed by atoms with van der Waals surface area (Å²) in [5.41, 5.74) is 2.75. The van der Waals surface area contributed by atoms with E-state index in [2.05, 4.69) is 10.2 Å². The minimum Gasteiger partial charge on any atom is -0.497 e. The Balaban J connectivity index is 1.92. The van der Waals surface area contributed by atoms with Gasteiger partial charge in [-0.25, -0.2) is 4.98 Å². The number of hydrogen-bond donors (Lipinski definition) is 1. The molecule has 4 aromatic rings. The van der Waals surface area contributed by atoms with Gasteiger partial charge in [0, 0.05) is 29.6 Å². The van der Waals surface area contributed by atoms with Crippen molar-refractivity contribution in [1.82, 2.24) is 15.2 Å². The van der Waals surface area contributed by atoms with E-state index in [1.807, 2.05) is 60.6 Å². The molecule has 4 rings (SSSR count). The van der Waals surface area contributed by atoms with Gasteiger partial charge in [-0.15, -0.1) is 0 Å². The van der Waals surface area contributed by atoms with Crippen molar-refractivity contribution in [2.75, 3.05) is 26.2 Å². The molecular formula is C19H18N4O2. The lowest BCUT2D eigenvalue weighted by molar-refractivity contribution is 0.415. The van der Waals surface area contributed by atoms with Gasteiger partial charge in [-0.2, -0.15) is 5.10 Å². The average Bonchev–Trinajstić information content (AvgIpc) is 3.16. The van der Waals surface area contributed by atoms with Crippen LogP contribution in [0.2, 0.25) is 0 Å². The maximum atomic E-state index is 5.34. The second kappa shape index (κ2) is 5.98. The van der Waals surface area contributed by atoms with Crippen molar-refractivity contribution >= 4 is 33.3 Å². The number of aromatic amines is 1. The van der Waals surface area contributed by atoms with E-state index in [0.29, 0.717) is 0 Å². The number of methoxy groups -OCH3 is 2. The molecule has 0 unspecified atom stereocenters. The summed E-state index contributed by atoms with van der Waals surface area (Å²) in [6.07, 6.45) is 1.82. The largest absolute Gasteiger partial charge is 0.497 e. The molecule has 6 heteroatoms. The Morgan fingerprint density at radius 2 is 1.76 bits per heavy atom. The molecule has 0 bridgehead atoms. The molecule has 0 spiro atoms. The molecule has 1 N–H and O–H groups in total. The third-order valence-corrected chi connectivity index (χ3v) is 4.34. The average molecular weight is 334 g/mol. The number of nitrogens with one attached hydrogen (secondary N) is 1. The molecule has 2 aromatic carbocycles. The summed E-state index contributed by atoms with van der Waals surface area (Å²) in [6, 6.07) is 13.7. The Morgan fingerprint density at radius 3 is 2.56 bits per heavy atom. The van der Waals surface area contributed by atoms with Gasteiger partial charge < -0.3 is 14.4 Å². The number of hydrogen-bond acceptors (Lipinski definition) is 5. The summed E-state index contributed by atoms with van der Waals surface area (Å²) in [5, 5.41) is 9.30. The summed E-state index contributed by atoms with van der Waals surface area (Å²) >= 11 is 0. The lowest BCUT2D eigenvalue weighted by Gasteiger charge is -2.20. The van der Waals surface area contributed by atoms with E-state index < -0.39 is 0 Å². The zero-order valence-corrected chi connectivity index (χ0v) is 14.3. The van der Waals surface area contributed by atoms with E-state index in [1.54, 1.807) is 14.2 Å². The topological polar surface area (TPSA) is 63.3 Å². The highest BCUT2D eigenvalue weighted by Gasteiger charge is 2.15. The van der Waals surface area contributed by atoms with Crippen molar-refractivity contribution < 1.29 is 9.47 Å². The molecule has 0 fully saturated rings. The van der Waals surface area contributed by atoms with Crippen LogP contribution < -0.4 is 14.4 Å². The first-order valence-corrected chi connectivity index (χ1v) is 7.90. The van der Waals surface area contributed by atoms with Crippen molar-refractivity contribution in [2.24, 2.45) is 0 Å². The molecule has 6 nitrogen and oxygen atoms in total. The maximum absolute atomic E-state index is 5.34. The van der Waals surface area contributed by atoms with Gasteiger partial charge in [-0.3, -0.25) is 5.10 Å². The Labute approximate surface area is 145 Å². The van der Waals surface area contributed by atoms with Crippen molar-refractivity contribution in [2.45, 2.75) is 0 Å². The molecule has 126 valence electrons. The van der Waals surface area contributed by atoms with Crippen LogP contribution in [-0.2, 0) is 0 Å². The summed E-state index contributed by atoms with van der Waals surface area (Å²) in [5.74, 6) is 2.40. The Hall–Kier alpha value is -3.28. The van der Waals surface area contributed by atoms with E-state index in [-0.39, 0.29) is 0 Å². The number of benzene rings is 2. The first-order valence-electron chi connectivity index (χ1n) is 7.90. The number of rotatable bonds is 4. The highest BCUT2D eigenvalue weighted by molar-refractivity contribution is 6.09. The maximum Gasteiger partial charge on any atom is 0.159 e. The molecule has 0 aliphatic heterocycles. The van der Waals surface area contributed by atoms with Gasteiger partial charge in [-0.1, -0.05) is 6.07 Å². The van der Waals surface area contributed by atoms with Gasteiger partial charge in [0.1, 0.15) is 17.0 Å². The Bertz CT molecular complexity index is 1060. The van der Waals surface area contributed by atoms with Crippen molar-refractivity contribution in [1.29, 1.82) is 0 Å². The van der Waals surface area contributed by atoms with Crippen molar-refractivity contribution in [3.63, 3.8) is 0 Å². The van der Waals surface area contributed by atoms with Gasteiger partial charge in [0.15, 0.2) is 5.82 Å². The number of fused-ring (bicyclic) bond motifs is 3. The Morgan fingerprint density at radius 1 is 0.960 bits per heavy atom. The van der Waals surface area contributed by atoms with E-state index in [9.17, 15) is 0 Å². The zero-order chi connectivity index (χ0) is 17.4.